The largest absolute Gasteiger partial charge is 0.444 e. The average Bonchev–Trinajstić information content (AvgIpc) is 3.43. The van der Waals surface area contributed by atoms with Crippen LogP contribution in [0.15, 0.2) is 28.1 Å². The highest BCUT2D eigenvalue weighted by atomic mass is 32.1. The topological polar surface area (TPSA) is 105 Å². The van der Waals surface area contributed by atoms with Crippen LogP contribution in [0.2, 0.25) is 0 Å². The first-order valence-electron chi connectivity index (χ1n) is 10.7. The molecule has 1 saturated heterocycles. The van der Waals surface area contributed by atoms with Gasteiger partial charge in [-0.1, -0.05) is 11.2 Å². The number of Topliss-reactive ketones (excluding diaryl/α,β-unsaturated/α-hetero) is 1. The highest BCUT2D eigenvalue weighted by molar-refractivity contribution is 7.13. The monoisotopic (exact) mass is 462 g/mol. The van der Waals surface area contributed by atoms with Crippen molar-refractivity contribution in [2.75, 3.05) is 39.3 Å². The molecule has 0 bridgehead atoms. The summed E-state index contributed by atoms with van der Waals surface area (Å²) >= 11 is 1.50. The smallest absolute Gasteiger partial charge is 0.410 e. The summed E-state index contributed by atoms with van der Waals surface area (Å²) in [5.74, 6) is 0.273. The molecule has 1 aliphatic rings. The SMILES string of the molecule is CC(C)(C)OC(=O)N1CCN(CCC(=O)CCNC(=O)c2cc(-c3cccs3)on2)CC1. The fraction of sp³-hybridized carbons (Fsp3) is 0.545. The number of piperazine rings is 1. The van der Waals surface area contributed by atoms with E-state index in [0.29, 0.717) is 44.9 Å². The van der Waals surface area contributed by atoms with Gasteiger partial charge in [-0.25, -0.2) is 4.79 Å². The number of carbonyl (C=O) groups excluding carboxylic acids is 3. The quantitative estimate of drug-likeness (QED) is 0.643. The van der Waals surface area contributed by atoms with Gasteiger partial charge in [0.25, 0.3) is 5.91 Å². The number of thiophene rings is 1. The van der Waals surface area contributed by atoms with E-state index in [1.54, 1.807) is 11.0 Å². The van der Waals surface area contributed by atoms with Crippen LogP contribution in [0.25, 0.3) is 10.6 Å². The molecule has 0 spiro atoms. The molecule has 1 fully saturated rings. The lowest BCUT2D eigenvalue weighted by molar-refractivity contribution is -0.119. The van der Waals surface area contributed by atoms with Crippen molar-refractivity contribution in [3.63, 3.8) is 0 Å². The second-order valence-corrected chi connectivity index (χ2v) is 9.61. The number of carbonyl (C=O) groups is 3. The number of ketones is 1. The molecule has 0 aliphatic carbocycles. The van der Waals surface area contributed by atoms with Crippen molar-refractivity contribution in [3.05, 3.63) is 29.3 Å². The Kier molecular flexibility index (Phi) is 8.03. The van der Waals surface area contributed by atoms with E-state index in [2.05, 4.69) is 15.4 Å². The third-order valence-electron chi connectivity index (χ3n) is 4.93. The standard InChI is InChI=1S/C22H30N4O5S/c1-22(2,3)30-21(29)26-12-10-25(11-13-26)9-7-16(27)6-8-23-20(28)17-15-18(31-24-17)19-5-4-14-32-19/h4-5,14-15H,6-13H2,1-3H3,(H,23,28). The minimum Gasteiger partial charge on any atom is -0.444 e. The Morgan fingerprint density at radius 1 is 1.19 bits per heavy atom. The molecular formula is C22H30N4O5S. The lowest BCUT2D eigenvalue weighted by Gasteiger charge is -2.35. The Labute approximate surface area is 191 Å². The Bertz CT molecular complexity index is 911. The van der Waals surface area contributed by atoms with E-state index >= 15 is 0 Å². The summed E-state index contributed by atoms with van der Waals surface area (Å²) in [5, 5.41) is 8.43. The van der Waals surface area contributed by atoms with Crippen LogP contribution in [0.5, 0.6) is 0 Å². The number of ether oxygens (including phenoxy) is 1. The number of nitrogens with one attached hydrogen (secondary N) is 1. The first kappa shape index (κ1) is 23.9. The van der Waals surface area contributed by atoms with Gasteiger partial charge in [-0.2, -0.15) is 0 Å². The molecule has 3 heterocycles. The predicted molar refractivity (Wildman–Crippen MR) is 121 cm³/mol. The van der Waals surface area contributed by atoms with Gasteiger partial charge >= 0.3 is 6.09 Å². The first-order valence-corrected chi connectivity index (χ1v) is 11.6. The van der Waals surface area contributed by atoms with E-state index in [0.717, 1.165) is 4.88 Å². The Balaban J connectivity index is 1.30. The van der Waals surface area contributed by atoms with Crippen LogP contribution in [0.1, 0.15) is 44.1 Å². The predicted octanol–water partition coefficient (Wildman–Crippen LogP) is 3.03. The van der Waals surface area contributed by atoms with Crippen molar-refractivity contribution < 1.29 is 23.6 Å². The second kappa shape index (κ2) is 10.7. The molecule has 0 saturated carbocycles. The molecule has 2 aromatic heterocycles. The van der Waals surface area contributed by atoms with Crippen LogP contribution >= 0.6 is 11.3 Å². The molecule has 10 heteroatoms. The minimum absolute atomic E-state index is 0.0827. The highest BCUT2D eigenvalue weighted by Crippen LogP contribution is 2.25. The van der Waals surface area contributed by atoms with Crippen LogP contribution in [-0.4, -0.2) is 77.6 Å². The molecule has 9 nitrogen and oxygen atoms in total. The van der Waals surface area contributed by atoms with Crippen LogP contribution in [-0.2, 0) is 9.53 Å². The highest BCUT2D eigenvalue weighted by Gasteiger charge is 2.25. The van der Waals surface area contributed by atoms with Gasteiger partial charge in [0.15, 0.2) is 11.5 Å². The van der Waals surface area contributed by atoms with Crippen LogP contribution in [0.4, 0.5) is 4.79 Å². The van der Waals surface area contributed by atoms with E-state index in [4.69, 9.17) is 9.26 Å². The van der Waals surface area contributed by atoms with Gasteiger partial charge in [0.1, 0.15) is 11.4 Å². The maximum Gasteiger partial charge on any atom is 0.410 e. The van der Waals surface area contributed by atoms with Crippen molar-refractivity contribution >= 4 is 29.1 Å². The van der Waals surface area contributed by atoms with Crippen molar-refractivity contribution in [1.82, 2.24) is 20.3 Å². The van der Waals surface area contributed by atoms with Crippen molar-refractivity contribution in [1.29, 1.82) is 0 Å². The fourth-order valence-electron chi connectivity index (χ4n) is 3.21. The van der Waals surface area contributed by atoms with Crippen molar-refractivity contribution in [2.45, 2.75) is 39.2 Å². The summed E-state index contributed by atoms with van der Waals surface area (Å²) in [5.41, 5.74) is -0.306. The van der Waals surface area contributed by atoms with Gasteiger partial charge in [0.2, 0.25) is 0 Å². The summed E-state index contributed by atoms with van der Waals surface area (Å²) in [6.07, 6.45) is 0.382. The lowest BCUT2D eigenvalue weighted by atomic mass is 10.2. The third kappa shape index (κ3) is 7.16. The Morgan fingerprint density at radius 2 is 1.94 bits per heavy atom. The molecule has 1 aliphatic heterocycles. The zero-order valence-corrected chi connectivity index (χ0v) is 19.6. The summed E-state index contributed by atoms with van der Waals surface area (Å²) in [4.78, 5) is 41.3. The molecule has 32 heavy (non-hydrogen) atoms. The maximum absolute atomic E-state index is 12.2. The first-order chi connectivity index (χ1) is 15.2. The van der Waals surface area contributed by atoms with Crippen LogP contribution in [0, 0.1) is 0 Å². The fourth-order valence-corrected chi connectivity index (χ4v) is 3.88. The summed E-state index contributed by atoms with van der Waals surface area (Å²) in [6.45, 7) is 9.04. The van der Waals surface area contributed by atoms with E-state index in [9.17, 15) is 14.4 Å². The number of aromatic nitrogens is 1. The molecule has 0 radical (unpaired) electrons. The third-order valence-corrected chi connectivity index (χ3v) is 5.81. The minimum atomic E-state index is -0.504. The molecule has 1 N–H and O–H groups in total. The number of rotatable bonds is 8. The zero-order valence-electron chi connectivity index (χ0n) is 18.8. The number of nitrogens with zero attached hydrogens (tertiary/aromatic N) is 3. The normalized spacial score (nSPS) is 14.9. The molecule has 2 amide bonds. The maximum atomic E-state index is 12.2. The molecule has 3 rings (SSSR count). The summed E-state index contributed by atoms with van der Waals surface area (Å²) in [6, 6.07) is 5.39. The van der Waals surface area contributed by atoms with E-state index in [1.807, 2.05) is 38.3 Å². The van der Waals surface area contributed by atoms with Gasteiger partial charge in [-0.05, 0) is 32.2 Å². The number of amides is 2. The average molecular weight is 463 g/mol. The van der Waals surface area contributed by atoms with Crippen LogP contribution in [0.3, 0.4) is 0 Å². The van der Waals surface area contributed by atoms with Crippen LogP contribution < -0.4 is 5.32 Å². The van der Waals surface area contributed by atoms with E-state index in [1.165, 1.54) is 11.3 Å². The Morgan fingerprint density at radius 3 is 2.59 bits per heavy atom. The number of hydrogen-bond donors (Lipinski definition) is 1. The van der Waals surface area contributed by atoms with E-state index in [-0.39, 0.29) is 36.4 Å². The van der Waals surface area contributed by atoms with Gasteiger partial charge < -0.3 is 19.5 Å². The summed E-state index contributed by atoms with van der Waals surface area (Å²) < 4.78 is 10.6. The second-order valence-electron chi connectivity index (χ2n) is 8.66. The van der Waals surface area contributed by atoms with Crippen molar-refractivity contribution in [2.24, 2.45) is 0 Å². The van der Waals surface area contributed by atoms with Crippen molar-refractivity contribution in [3.8, 4) is 10.6 Å². The molecule has 0 aromatic carbocycles. The Hall–Kier alpha value is -2.72. The van der Waals surface area contributed by atoms with Gasteiger partial charge in [-0.3, -0.25) is 14.5 Å². The molecular weight excluding hydrogens is 432 g/mol. The molecule has 0 unspecified atom stereocenters. The zero-order chi connectivity index (χ0) is 23.1. The molecule has 0 atom stereocenters. The van der Waals surface area contributed by atoms with Gasteiger partial charge in [0, 0.05) is 58.2 Å². The van der Waals surface area contributed by atoms with Gasteiger partial charge in [-0.15, -0.1) is 11.3 Å². The summed E-state index contributed by atoms with van der Waals surface area (Å²) in [7, 11) is 0. The van der Waals surface area contributed by atoms with Gasteiger partial charge in [0.05, 0.1) is 4.88 Å². The lowest BCUT2D eigenvalue weighted by Crippen LogP contribution is -2.50. The molecule has 174 valence electrons. The molecule has 2 aromatic rings. The number of hydrogen-bond acceptors (Lipinski definition) is 8. The van der Waals surface area contributed by atoms with E-state index < -0.39 is 5.60 Å².